The Labute approximate surface area is 152 Å². The number of nitrogens with zero attached hydrogens (tertiary/aromatic N) is 2. The van der Waals surface area contributed by atoms with Gasteiger partial charge < -0.3 is 22.1 Å². The highest BCUT2D eigenvalue weighted by Crippen LogP contribution is 2.27. The fourth-order valence-corrected chi connectivity index (χ4v) is 3.19. The van der Waals surface area contributed by atoms with Crippen LogP contribution in [0.15, 0.2) is 35.6 Å². The molecule has 0 aliphatic heterocycles. The summed E-state index contributed by atoms with van der Waals surface area (Å²) in [6.45, 7) is 3.96. The van der Waals surface area contributed by atoms with Crippen molar-refractivity contribution in [2.75, 3.05) is 5.73 Å². The van der Waals surface area contributed by atoms with Gasteiger partial charge >= 0.3 is 5.97 Å². The Bertz CT molecular complexity index is 805. The van der Waals surface area contributed by atoms with E-state index in [0.717, 1.165) is 16.5 Å². The van der Waals surface area contributed by atoms with E-state index < -0.39 is 17.8 Å². The molecule has 1 heterocycles. The number of pyridine rings is 1. The molecule has 1 aromatic carbocycles. The molecule has 0 bridgehead atoms. The number of carboxylic acids is 1. The largest absolute Gasteiger partial charge is 0.481 e. The van der Waals surface area contributed by atoms with Crippen molar-refractivity contribution in [3.8, 4) is 0 Å². The summed E-state index contributed by atoms with van der Waals surface area (Å²) in [5.74, 6) is 9.42. The van der Waals surface area contributed by atoms with Crippen LogP contribution >= 0.6 is 0 Å². The van der Waals surface area contributed by atoms with Crippen LogP contribution in [0.4, 0.5) is 5.69 Å². The van der Waals surface area contributed by atoms with E-state index in [1.54, 1.807) is 6.20 Å². The summed E-state index contributed by atoms with van der Waals surface area (Å²) in [5.41, 5.74) is 10.6. The highest BCUT2D eigenvalue weighted by atomic mass is 16.4. The van der Waals surface area contributed by atoms with Crippen LogP contribution in [0, 0.1) is 17.8 Å². The Morgan fingerprint density at radius 2 is 2.04 bits per heavy atom. The molecule has 0 saturated heterocycles. The number of nitrogens with two attached hydrogens (primary N) is 3. The van der Waals surface area contributed by atoms with Crippen molar-refractivity contribution < 1.29 is 9.90 Å². The predicted molar refractivity (Wildman–Crippen MR) is 103 cm³/mol. The minimum absolute atomic E-state index is 0.205. The van der Waals surface area contributed by atoms with Gasteiger partial charge in [-0.15, -0.1) is 0 Å². The molecule has 2 aromatic rings. The molecule has 2 atom stereocenters. The van der Waals surface area contributed by atoms with E-state index in [4.69, 9.17) is 17.4 Å². The molecule has 26 heavy (non-hydrogen) atoms. The van der Waals surface area contributed by atoms with Crippen molar-refractivity contribution in [2.45, 2.75) is 26.7 Å². The summed E-state index contributed by atoms with van der Waals surface area (Å²) in [6.07, 6.45) is 2.52. The lowest BCUT2D eigenvalue weighted by atomic mass is 9.80. The normalized spacial score (nSPS) is 14.4. The smallest absolute Gasteiger partial charge is 0.307 e. The van der Waals surface area contributed by atoms with Crippen molar-refractivity contribution in [1.29, 1.82) is 0 Å². The van der Waals surface area contributed by atoms with Crippen LogP contribution in [0.5, 0.6) is 0 Å². The third-order valence-electron chi connectivity index (χ3n) is 4.39. The van der Waals surface area contributed by atoms with Gasteiger partial charge in [0.2, 0.25) is 0 Å². The third kappa shape index (κ3) is 4.60. The molecule has 0 spiro atoms. The number of nitrogens with one attached hydrogen (secondary N) is 1. The fraction of sp³-hybridized carbons (Fsp3) is 0.389. The van der Waals surface area contributed by atoms with Gasteiger partial charge in [-0.3, -0.25) is 9.78 Å². The number of aliphatic carboxylic acids is 1. The molecule has 1 aromatic heterocycles. The highest BCUT2D eigenvalue weighted by molar-refractivity contribution is 5.89. The van der Waals surface area contributed by atoms with Gasteiger partial charge in [0.05, 0.1) is 23.3 Å². The van der Waals surface area contributed by atoms with Crippen LogP contribution < -0.4 is 22.8 Å². The van der Waals surface area contributed by atoms with Crippen molar-refractivity contribution in [1.82, 2.24) is 10.4 Å². The Kier molecular flexibility index (Phi) is 6.35. The highest BCUT2D eigenvalue weighted by Gasteiger charge is 2.33. The number of hydrogen-bond donors (Lipinski definition) is 5. The minimum atomic E-state index is -0.896. The number of carbonyl (C=O) groups is 1. The number of aromatic nitrogens is 1. The van der Waals surface area contributed by atoms with E-state index >= 15 is 0 Å². The van der Waals surface area contributed by atoms with Crippen LogP contribution in [0.2, 0.25) is 0 Å². The molecule has 2 rings (SSSR count). The molecule has 140 valence electrons. The zero-order valence-electron chi connectivity index (χ0n) is 15.0. The molecular formula is C18H26N6O2. The van der Waals surface area contributed by atoms with E-state index in [1.165, 1.54) is 0 Å². The Morgan fingerprint density at radius 3 is 2.62 bits per heavy atom. The average Bonchev–Trinajstić information content (AvgIpc) is 2.59. The lowest BCUT2D eigenvalue weighted by Crippen LogP contribution is -2.43. The molecule has 8 N–H and O–H groups in total. The Balaban J connectivity index is 2.41. The maximum Gasteiger partial charge on any atom is 0.307 e. The first kappa shape index (κ1) is 19.5. The van der Waals surface area contributed by atoms with Gasteiger partial charge in [0.1, 0.15) is 5.84 Å². The van der Waals surface area contributed by atoms with Crippen LogP contribution in [0.25, 0.3) is 10.9 Å². The summed E-state index contributed by atoms with van der Waals surface area (Å²) in [5, 5.41) is 14.3. The number of rotatable bonds is 7. The van der Waals surface area contributed by atoms with Gasteiger partial charge in [-0.2, -0.15) is 5.10 Å². The number of hydrazone groups is 1. The van der Waals surface area contributed by atoms with E-state index in [-0.39, 0.29) is 11.8 Å². The van der Waals surface area contributed by atoms with Gasteiger partial charge in [0.25, 0.3) is 0 Å². The van der Waals surface area contributed by atoms with Gasteiger partial charge in [0.15, 0.2) is 0 Å². The monoisotopic (exact) mass is 358 g/mol. The van der Waals surface area contributed by atoms with E-state index in [1.807, 2.05) is 38.1 Å². The lowest BCUT2D eigenvalue weighted by Gasteiger charge is -2.26. The Morgan fingerprint density at radius 1 is 1.31 bits per heavy atom. The molecule has 0 saturated carbocycles. The lowest BCUT2D eigenvalue weighted by molar-refractivity contribution is -0.143. The number of anilines is 1. The first-order valence-electron chi connectivity index (χ1n) is 8.47. The van der Waals surface area contributed by atoms with Crippen LogP contribution in [-0.4, -0.2) is 21.9 Å². The summed E-state index contributed by atoms with van der Waals surface area (Å²) < 4.78 is 0. The van der Waals surface area contributed by atoms with Crippen molar-refractivity contribution in [2.24, 2.45) is 34.5 Å². The summed E-state index contributed by atoms with van der Waals surface area (Å²) in [6, 6.07) is 7.58. The summed E-state index contributed by atoms with van der Waals surface area (Å²) in [4.78, 5) is 16.1. The zero-order chi connectivity index (χ0) is 19.3. The molecule has 0 aliphatic carbocycles. The zero-order valence-corrected chi connectivity index (χ0v) is 15.0. The van der Waals surface area contributed by atoms with E-state index in [0.29, 0.717) is 18.5 Å². The molecule has 8 heteroatoms. The quantitative estimate of drug-likeness (QED) is 0.217. The van der Waals surface area contributed by atoms with Gasteiger partial charge in [-0.25, -0.2) is 5.84 Å². The number of fused-ring (bicyclic) bond motifs is 1. The van der Waals surface area contributed by atoms with Crippen LogP contribution in [-0.2, 0) is 11.2 Å². The average molecular weight is 358 g/mol. The minimum Gasteiger partial charge on any atom is -0.481 e. The predicted octanol–water partition coefficient (Wildman–Crippen LogP) is 1.46. The number of carboxylic acid groups (broad SMARTS) is 1. The van der Waals surface area contributed by atoms with Crippen LogP contribution in [0.1, 0.15) is 25.8 Å². The third-order valence-corrected chi connectivity index (χ3v) is 4.39. The molecule has 0 amide bonds. The molecular weight excluding hydrogens is 332 g/mol. The Hall–Kier alpha value is -2.87. The molecule has 0 aliphatic rings. The summed E-state index contributed by atoms with van der Waals surface area (Å²) in [7, 11) is 0. The van der Waals surface area contributed by atoms with Gasteiger partial charge in [-0.05, 0) is 42.5 Å². The van der Waals surface area contributed by atoms with Crippen LogP contribution in [0.3, 0.4) is 0 Å². The first-order chi connectivity index (χ1) is 12.3. The fourth-order valence-electron chi connectivity index (χ4n) is 3.19. The number of hydrazine groups is 1. The standard InChI is InChI=1S/C18H26N6O2/c1-10(2)5-15(18(25)26)14(17(23-20)24-21)7-11-3-4-16-12(6-11)8-13(19)9-22-16/h3-4,6,8-10,14-15H,5,7,19-21H2,1-2H3,(H,23,24)(H,25,26)/t14?,15-/m0/s1. The van der Waals surface area contributed by atoms with Gasteiger partial charge in [0, 0.05) is 11.3 Å². The summed E-state index contributed by atoms with van der Waals surface area (Å²) >= 11 is 0. The second-order valence-corrected chi connectivity index (χ2v) is 6.84. The second-order valence-electron chi connectivity index (χ2n) is 6.84. The maximum atomic E-state index is 11.9. The SMILES string of the molecule is CC(C)C[C@H](C(=O)O)C(Cc1ccc2ncc(N)cc2c1)/C(=N/N)NN. The van der Waals surface area contributed by atoms with Crippen molar-refractivity contribution >= 4 is 28.4 Å². The van der Waals surface area contributed by atoms with E-state index in [2.05, 4.69) is 15.5 Å². The van der Waals surface area contributed by atoms with E-state index in [9.17, 15) is 9.90 Å². The van der Waals surface area contributed by atoms with Crippen molar-refractivity contribution in [3.05, 3.63) is 36.0 Å². The van der Waals surface area contributed by atoms with Crippen molar-refractivity contribution in [3.63, 3.8) is 0 Å². The number of nitrogen functional groups attached to an aromatic ring is 1. The molecule has 1 unspecified atom stereocenters. The molecule has 8 nitrogen and oxygen atoms in total. The topological polar surface area (TPSA) is 153 Å². The number of hydrogen-bond acceptors (Lipinski definition) is 6. The van der Waals surface area contributed by atoms with Gasteiger partial charge in [-0.1, -0.05) is 19.9 Å². The first-order valence-corrected chi connectivity index (χ1v) is 8.47. The molecule has 0 radical (unpaired) electrons. The number of amidine groups is 1. The second kappa shape index (κ2) is 8.48. The maximum absolute atomic E-state index is 11.9. The number of benzene rings is 1. The molecule has 0 fully saturated rings.